The number of hydrogen-bond acceptors (Lipinski definition) is 4. The van der Waals surface area contributed by atoms with Crippen LogP contribution in [-0.2, 0) is 19.0 Å². The van der Waals surface area contributed by atoms with Crippen LogP contribution in [0.1, 0.15) is 46.5 Å². The fourth-order valence-corrected chi connectivity index (χ4v) is 2.47. The number of allylic oxidation sites excluding steroid dienone is 3. The van der Waals surface area contributed by atoms with Crippen LogP contribution >= 0.6 is 0 Å². The highest BCUT2D eigenvalue weighted by molar-refractivity contribution is 5.82. The first-order valence-electron chi connectivity index (χ1n) is 8.47. The second-order valence-corrected chi connectivity index (χ2v) is 6.86. The minimum atomic E-state index is -0.451. The zero-order valence-corrected chi connectivity index (χ0v) is 14.5. The highest BCUT2D eigenvalue weighted by atomic mass is 16.7. The van der Waals surface area contributed by atoms with Crippen molar-refractivity contribution in [3.63, 3.8) is 0 Å². The van der Waals surface area contributed by atoms with E-state index in [1.165, 1.54) is 11.6 Å². The van der Waals surface area contributed by atoms with E-state index in [1.807, 2.05) is 6.08 Å². The Bertz CT molecular complexity index is 489. The quantitative estimate of drug-likeness (QED) is 0.223. The molecule has 1 saturated heterocycles. The molecule has 128 valence electrons. The van der Waals surface area contributed by atoms with Crippen LogP contribution in [0.2, 0.25) is 0 Å². The van der Waals surface area contributed by atoms with Gasteiger partial charge in [-0.05, 0) is 44.3 Å². The Kier molecular flexibility index (Phi) is 6.19. The fourth-order valence-electron chi connectivity index (χ4n) is 2.47. The van der Waals surface area contributed by atoms with E-state index in [-0.39, 0.29) is 11.4 Å². The number of carbonyl (C=O) groups is 1. The van der Waals surface area contributed by atoms with E-state index in [1.54, 1.807) is 13.0 Å². The first-order chi connectivity index (χ1) is 11.0. The van der Waals surface area contributed by atoms with Crippen molar-refractivity contribution in [2.24, 2.45) is 5.41 Å². The van der Waals surface area contributed by atoms with E-state index in [0.29, 0.717) is 6.61 Å². The van der Waals surface area contributed by atoms with Crippen LogP contribution in [0.5, 0.6) is 0 Å². The lowest BCUT2D eigenvalue weighted by Gasteiger charge is -2.36. The van der Waals surface area contributed by atoms with Crippen LogP contribution in [0.4, 0.5) is 0 Å². The van der Waals surface area contributed by atoms with E-state index in [2.05, 4.69) is 26.0 Å². The van der Waals surface area contributed by atoms with E-state index < -0.39 is 5.79 Å². The highest BCUT2D eigenvalue weighted by Crippen LogP contribution is 2.47. The minimum absolute atomic E-state index is 0.120. The summed E-state index contributed by atoms with van der Waals surface area (Å²) in [6.45, 7) is 8.03. The molecule has 1 heterocycles. The average molecular weight is 320 g/mol. The molecule has 0 aromatic heterocycles. The van der Waals surface area contributed by atoms with Gasteiger partial charge in [0.15, 0.2) is 0 Å². The molecule has 1 aliphatic heterocycles. The molecule has 0 saturated carbocycles. The Morgan fingerprint density at radius 1 is 1.26 bits per heavy atom. The molecule has 1 fully saturated rings. The van der Waals surface area contributed by atoms with Crippen molar-refractivity contribution in [2.75, 3.05) is 19.8 Å². The smallest absolute Gasteiger partial charge is 0.330 e. The molecule has 0 aromatic carbocycles. The second kappa shape index (κ2) is 7.93. The van der Waals surface area contributed by atoms with Gasteiger partial charge in [-0.15, -0.1) is 0 Å². The molecule has 2 rings (SSSR count). The normalized spacial score (nSPS) is 21.8. The van der Waals surface area contributed by atoms with Gasteiger partial charge in [0.2, 0.25) is 5.79 Å². The third-order valence-corrected chi connectivity index (χ3v) is 3.92. The first kappa shape index (κ1) is 18.0. The Morgan fingerprint density at radius 2 is 2.00 bits per heavy atom. The maximum atomic E-state index is 11.1. The summed E-state index contributed by atoms with van der Waals surface area (Å²) in [6, 6.07) is 0. The van der Waals surface area contributed by atoms with Crippen LogP contribution in [0.3, 0.4) is 0 Å². The summed E-state index contributed by atoms with van der Waals surface area (Å²) in [5, 5.41) is 0. The largest absolute Gasteiger partial charge is 0.463 e. The number of unbranched alkanes of at least 4 members (excludes halogenated alkanes) is 2. The molecule has 4 nitrogen and oxygen atoms in total. The van der Waals surface area contributed by atoms with Crippen LogP contribution in [-0.4, -0.2) is 31.6 Å². The molecule has 0 aromatic rings. The lowest BCUT2D eigenvalue weighted by molar-refractivity contribution is -0.230. The monoisotopic (exact) mass is 320 g/mol. The Hall–Kier alpha value is -1.39. The van der Waals surface area contributed by atoms with Gasteiger partial charge in [-0.3, -0.25) is 0 Å². The van der Waals surface area contributed by atoms with Crippen molar-refractivity contribution < 1.29 is 19.0 Å². The number of carbonyl (C=O) groups excluding carboxylic acids is 1. The molecule has 4 heteroatoms. The zero-order valence-electron chi connectivity index (χ0n) is 14.5. The Balaban J connectivity index is 1.52. The van der Waals surface area contributed by atoms with Gasteiger partial charge in [0.1, 0.15) is 0 Å². The molecule has 0 amide bonds. The SMILES string of the molecule is CCOC(=O)/C=C/C=C/CCCCC1=CC12OCC(C)(C)CO2. The molecular weight excluding hydrogens is 292 g/mol. The molecule has 23 heavy (non-hydrogen) atoms. The molecule has 0 atom stereocenters. The van der Waals surface area contributed by atoms with E-state index in [0.717, 1.165) is 38.9 Å². The van der Waals surface area contributed by atoms with E-state index in [9.17, 15) is 4.79 Å². The third kappa shape index (κ3) is 5.63. The maximum absolute atomic E-state index is 11.1. The fraction of sp³-hybridized carbons (Fsp3) is 0.632. The molecule has 0 unspecified atom stereocenters. The molecule has 0 radical (unpaired) electrons. The lowest BCUT2D eigenvalue weighted by atomic mass is 9.95. The Labute approximate surface area is 139 Å². The van der Waals surface area contributed by atoms with Gasteiger partial charge in [0.25, 0.3) is 0 Å². The maximum Gasteiger partial charge on any atom is 0.330 e. The van der Waals surface area contributed by atoms with Crippen molar-refractivity contribution in [3.05, 3.63) is 36.0 Å². The summed E-state index contributed by atoms with van der Waals surface area (Å²) in [5.41, 5.74) is 1.41. The van der Waals surface area contributed by atoms with E-state index >= 15 is 0 Å². The van der Waals surface area contributed by atoms with Crippen molar-refractivity contribution >= 4 is 5.97 Å². The summed E-state index contributed by atoms with van der Waals surface area (Å²) >= 11 is 0. The van der Waals surface area contributed by atoms with Crippen molar-refractivity contribution in [2.45, 2.75) is 52.2 Å². The van der Waals surface area contributed by atoms with Crippen LogP contribution < -0.4 is 0 Å². The molecule has 0 N–H and O–H groups in total. The summed E-state index contributed by atoms with van der Waals surface area (Å²) in [6.07, 6.45) is 13.5. The Morgan fingerprint density at radius 3 is 2.70 bits per heavy atom. The standard InChI is InChI=1S/C19H28O4/c1-4-21-17(20)12-10-8-6-5-7-9-11-16-13-19(16)22-14-18(2,3)15-23-19/h6,8,10,12-13H,4-5,7,9,11,14-15H2,1-3H3/b8-6+,12-10+. The molecular formula is C19H28O4. The number of esters is 1. The third-order valence-electron chi connectivity index (χ3n) is 3.92. The average Bonchev–Trinajstić information content (AvgIpc) is 3.19. The first-order valence-corrected chi connectivity index (χ1v) is 8.47. The van der Waals surface area contributed by atoms with Crippen molar-refractivity contribution in [3.8, 4) is 0 Å². The molecule has 2 aliphatic rings. The van der Waals surface area contributed by atoms with Gasteiger partial charge in [0.05, 0.1) is 19.8 Å². The number of hydrogen-bond donors (Lipinski definition) is 0. The predicted octanol–water partition coefficient (Wildman–Crippen LogP) is 3.93. The summed E-state index contributed by atoms with van der Waals surface area (Å²) < 4.78 is 16.5. The van der Waals surface area contributed by atoms with E-state index in [4.69, 9.17) is 14.2 Å². The van der Waals surface area contributed by atoms with Gasteiger partial charge >= 0.3 is 5.97 Å². The van der Waals surface area contributed by atoms with Gasteiger partial charge in [-0.25, -0.2) is 4.79 Å². The predicted molar refractivity (Wildman–Crippen MR) is 89.9 cm³/mol. The number of rotatable bonds is 8. The van der Waals surface area contributed by atoms with Crippen molar-refractivity contribution in [1.29, 1.82) is 0 Å². The zero-order chi connectivity index (χ0) is 16.8. The summed E-state index contributed by atoms with van der Waals surface area (Å²) in [5.74, 6) is -0.743. The van der Waals surface area contributed by atoms with Crippen molar-refractivity contribution in [1.82, 2.24) is 0 Å². The van der Waals surface area contributed by atoms with Crippen LogP contribution in [0, 0.1) is 5.41 Å². The second-order valence-electron chi connectivity index (χ2n) is 6.86. The van der Waals surface area contributed by atoms with Gasteiger partial charge in [-0.1, -0.05) is 32.1 Å². The van der Waals surface area contributed by atoms with Gasteiger partial charge in [0, 0.05) is 11.5 Å². The topological polar surface area (TPSA) is 44.8 Å². The molecule has 1 aliphatic carbocycles. The molecule has 0 bridgehead atoms. The van der Waals surface area contributed by atoms with Crippen LogP contribution in [0.25, 0.3) is 0 Å². The molecule has 1 spiro atoms. The summed E-state index contributed by atoms with van der Waals surface area (Å²) in [4.78, 5) is 11.1. The van der Waals surface area contributed by atoms with Gasteiger partial charge < -0.3 is 14.2 Å². The summed E-state index contributed by atoms with van der Waals surface area (Å²) in [7, 11) is 0. The highest BCUT2D eigenvalue weighted by Gasteiger charge is 2.50. The number of ether oxygens (including phenoxy) is 3. The van der Waals surface area contributed by atoms with Gasteiger partial charge in [-0.2, -0.15) is 0 Å². The van der Waals surface area contributed by atoms with Crippen LogP contribution in [0.15, 0.2) is 36.0 Å². The minimum Gasteiger partial charge on any atom is -0.463 e. The lowest BCUT2D eigenvalue weighted by Crippen LogP contribution is -2.40.